The maximum absolute atomic E-state index is 4.62. The van der Waals surface area contributed by atoms with Crippen LogP contribution in [-0.4, -0.2) is 54.8 Å². The van der Waals surface area contributed by atoms with Crippen molar-refractivity contribution >= 4 is 16.7 Å². The molecular weight excluding hydrogens is 400 g/mol. The Kier molecular flexibility index (Phi) is 4.17. The lowest BCUT2D eigenvalue weighted by Gasteiger charge is -2.45. The lowest BCUT2D eigenvalue weighted by molar-refractivity contribution is 0.207. The predicted molar refractivity (Wildman–Crippen MR) is 125 cm³/mol. The third kappa shape index (κ3) is 3.09. The highest BCUT2D eigenvalue weighted by atomic mass is 15.3. The minimum atomic E-state index is 0.224. The number of benzene rings is 1. The molecule has 2 fully saturated rings. The summed E-state index contributed by atoms with van der Waals surface area (Å²) >= 11 is 0. The largest absolute Gasteiger partial charge is 0.355 e. The fourth-order valence-electron chi connectivity index (χ4n) is 5.84. The van der Waals surface area contributed by atoms with E-state index in [1.165, 1.54) is 12.8 Å². The fourth-order valence-corrected chi connectivity index (χ4v) is 5.84. The van der Waals surface area contributed by atoms with Gasteiger partial charge in [-0.25, -0.2) is 0 Å². The second kappa shape index (κ2) is 6.87. The zero-order valence-electron chi connectivity index (χ0n) is 18.7. The summed E-state index contributed by atoms with van der Waals surface area (Å²) in [6.45, 7) is 4.71. The first-order chi connectivity index (χ1) is 15.4. The van der Waals surface area contributed by atoms with Gasteiger partial charge in [0.25, 0.3) is 0 Å². The molecule has 5 heterocycles. The average molecular weight is 429 g/mol. The summed E-state index contributed by atoms with van der Waals surface area (Å²) in [4.78, 5) is 2.31. The molecule has 3 N–H and O–H groups in total. The molecular formula is C24H28N8. The summed E-state index contributed by atoms with van der Waals surface area (Å²) in [5, 5.41) is 28.5. The Bertz CT molecular complexity index is 1240. The Labute approximate surface area is 186 Å². The van der Waals surface area contributed by atoms with Gasteiger partial charge in [-0.15, -0.1) is 10.2 Å². The standard InChI is InChI=1S/C24H28N8/c1-23-8-9-24(2,31-23)11-16(10-23)32(3)21-7-6-20(28-29-21)18-5-4-17(15-12-25-26-13-15)19-14-27-30-22(18)19/h4-7,12-14,16,31H,8-11H2,1-3H3,(H,25,26)(H,27,30)/t16-,23-,24+. The van der Waals surface area contributed by atoms with Gasteiger partial charge in [0, 0.05) is 46.9 Å². The minimum Gasteiger partial charge on any atom is -0.355 e. The van der Waals surface area contributed by atoms with Crippen LogP contribution >= 0.6 is 0 Å². The van der Waals surface area contributed by atoms with Gasteiger partial charge in [0.15, 0.2) is 5.82 Å². The molecule has 164 valence electrons. The number of aromatic amines is 2. The molecule has 3 aromatic heterocycles. The molecule has 6 rings (SSSR count). The second-order valence-corrected chi connectivity index (χ2v) is 10.0. The number of nitrogens with zero attached hydrogens (tertiary/aromatic N) is 5. The number of aromatic nitrogens is 6. The van der Waals surface area contributed by atoms with Gasteiger partial charge in [-0.3, -0.25) is 10.2 Å². The highest BCUT2D eigenvalue weighted by molar-refractivity contribution is 6.01. The van der Waals surface area contributed by atoms with Crippen molar-refractivity contribution in [1.29, 1.82) is 0 Å². The van der Waals surface area contributed by atoms with Crippen molar-refractivity contribution in [1.82, 2.24) is 35.9 Å². The van der Waals surface area contributed by atoms with Crippen LogP contribution in [0.25, 0.3) is 33.3 Å². The maximum atomic E-state index is 4.62. The third-order valence-electron chi connectivity index (χ3n) is 7.46. The van der Waals surface area contributed by atoms with E-state index in [0.29, 0.717) is 6.04 Å². The van der Waals surface area contributed by atoms with Gasteiger partial charge in [0.05, 0.1) is 23.6 Å². The highest BCUT2D eigenvalue weighted by Gasteiger charge is 2.49. The molecule has 0 unspecified atom stereocenters. The second-order valence-electron chi connectivity index (χ2n) is 10.0. The van der Waals surface area contributed by atoms with Crippen molar-refractivity contribution in [3.63, 3.8) is 0 Å². The van der Waals surface area contributed by atoms with Crippen LogP contribution < -0.4 is 10.2 Å². The van der Waals surface area contributed by atoms with Crippen molar-refractivity contribution in [2.75, 3.05) is 11.9 Å². The fraction of sp³-hybridized carbons (Fsp3) is 0.417. The number of anilines is 1. The molecule has 0 radical (unpaired) electrons. The van der Waals surface area contributed by atoms with Gasteiger partial charge >= 0.3 is 0 Å². The van der Waals surface area contributed by atoms with E-state index in [0.717, 1.165) is 51.9 Å². The molecule has 2 saturated heterocycles. The van der Waals surface area contributed by atoms with Gasteiger partial charge in [0.2, 0.25) is 0 Å². The van der Waals surface area contributed by atoms with Crippen LogP contribution in [0.3, 0.4) is 0 Å². The van der Waals surface area contributed by atoms with Crippen LogP contribution in [0.1, 0.15) is 39.5 Å². The zero-order chi connectivity index (χ0) is 21.9. The molecule has 2 aliphatic heterocycles. The Morgan fingerprint density at radius 2 is 1.72 bits per heavy atom. The topological polar surface area (TPSA) is 98.4 Å². The van der Waals surface area contributed by atoms with E-state index in [4.69, 9.17) is 0 Å². The molecule has 0 saturated carbocycles. The lowest BCUT2D eigenvalue weighted by atomic mass is 9.84. The van der Waals surface area contributed by atoms with Crippen molar-refractivity contribution in [3.05, 3.63) is 42.9 Å². The predicted octanol–water partition coefficient (Wildman–Crippen LogP) is 3.91. The smallest absolute Gasteiger partial charge is 0.151 e. The number of nitrogens with one attached hydrogen (secondary N) is 3. The molecule has 2 bridgehead atoms. The zero-order valence-corrected chi connectivity index (χ0v) is 18.7. The van der Waals surface area contributed by atoms with Gasteiger partial charge < -0.3 is 10.2 Å². The monoisotopic (exact) mass is 428 g/mol. The van der Waals surface area contributed by atoms with E-state index >= 15 is 0 Å². The van der Waals surface area contributed by atoms with Gasteiger partial charge in [-0.05, 0) is 63.3 Å². The molecule has 4 aromatic rings. The van der Waals surface area contributed by atoms with Crippen LogP contribution in [0.5, 0.6) is 0 Å². The van der Waals surface area contributed by atoms with E-state index in [9.17, 15) is 0 Å². The first-order valence-corrected chi connectivity index (χ1v) is 11.2. The number of fused-ring (bicyclic) bond motifs is 3. The summed E-state index contributed by atoms with van der Waals surface area (Å²) in [5.41, 5.74) is 5.34. The SMILES string of the molecule is CN(c1ccc(-c2ccc(-c3cn[nH]c3)c3cn[nH]c23)nn1)[C@H]1C[C@]2(C)CC[C@](C)(C1)N2. The van der Waals surface area contributed by atoms with Gasteiger partial charge in [0.1, 0.15) is 0 Å². The molecule has 0 aliphatic carbocycles. The summed E-state index contributed by atoms with van der Waals surface area (Å²) in [6, 6.07) is 8.77. The number of piperidine rings is 1. The number of hydrogen-bond acceptors (Lipinski definition) is 6. The summed E-state index contributed by atoms with van der Waals surface area (Å²) in [7, 11) is 2.15. The Hall–Kier alpha value is -3.26. The Morgan fingerprint density at radius 1 is 0.938 bits per heavy atom. The number of hydrogen-bond donors (Lipinski definition) is 3. The van der Waals surface area contributed by atoms with Crippen LogP contribution in [0, 0.1) is 0 Å². The molecule has 2 aliphatic rings. The third-order valence-corrected chi connectivity index (χ3v) is 7.46. The Morgan fingerprint density at radius 3 is 2.41 bits per heavy atom. The number of H-pyrrole nitrogens is 2. The van der Waals surface area contributed by atoms with Crippen molar-refractivity contribution in [3.8, 4) is 22.4 Å². The molecule has 8 nitrogen and oxygen atoms in total. The van der Waals surface area contributed by atoms with Crippen molar-refractivity contribution in [2.45, 2.75) is 56.7 Å². The molecule has 8 heteroatoms. The number of rotatable bonds is 4. The van der Waals surface area contributed by atoms with Gasteiger partial charge in [-0.2, -0.15) is 10.2 Å². The first-order valence-electron chi connectivity index (χ1n) is 11.2. The normalized spacial score (nSPS) is 27.2. The summed E-state index contributed by atoms with van der Waals surface area (Å²) in [5.74, 6) is 0.920. The lowest BCUT2D eigenvalue weighted by Crippen LogP contribution is -2.58. The Balaban J connectivity index is 1.29. The summed E-state index contributed by atoms with van der Waals surface area (Å²) < 4.78 is 0. The minimum absolute atomic E-state index is 0.224. The maximum Gasteiger partial charge on any atom is 0.151 e. The van der Waals surface area contributed by atoms with Crippen molar-refractivity contribution in [2.24, 2.45) is 0 Å². The van der Waals surface area contributed by atoms with E-state index < -0.39 is 0 Å². The van der Waals surface area contributed by atoms with Crippen molar-refractivity contribution < 1.29 is 0 Å². The highest BCUT2D eigenvalue weighted by Crippen LogP contribution is 2.43. The average Bonchev–Trinajstić information content (AvgIpc) is 3.52. The molecule has 1 aromatic carbocycles. The van der Waals surface area contributed by atoms with E-state index in [1.807, 2.05) is 18.6 Å². The molecule has 0 amide bonds. The van der Waals surface area contributed by atoms with E-state index in [-0.39, 0.29) is 11.1 Å². The summed E-state index contributed by atoms with van der Waals surface area (Å²) in [6.07, 6.45) is 10.3. The van der Waals surface area contributed by atoms with Crippen LogP contribution in [0.4, 0.5) is 5.82 Å². The molecule has 32 heavy (non-hydrogen) atoms. The van der Waals surface area contributed by atoms with E-state index in [1.54, 1.807) is 0 Å². The van der Waals surface area contributed by atoms with E-state index in [2.05, 4.69) is 86.0 Å². The first kappa shape index (κ1) is 19.4. The van der Waals surface area contributed by atoms with Crippen LogP contribution in [-0.2, 0) is 0 Å². The quantitative estimate of drug-likeness (QED) is 0.456. The molecule has 3 atom stereocenters. The van der Waals surface area contributed by atoms with Gasteiger partial charge in [-0.1, -0.05) is 6.07 Å². The van der Waals surface area contributed by atoms with Crippen LogP contribution in [0.2, 0.25) is 0 Å². The molecule has 0 spiro atoms. The van der Waals surface area contributed by atoms with Crippen LogP contribution in [0.15, 0.2) is 42.9 Å².